The van der Waals surface area contributed by atoms with Crippen molar-refractivity contribution in [2.75, 3.05) is 43.9 Å². The van der Waals surface area contributed by atoms with Crippen LogP contribution in [0.3, 0.4) is 0 Å². The molecule has 1 aromatic carbocycles. The molecule has 3 heterocycles. The second-order valence-electron chi connectivity index (χ2n) is 6.79. The number of hydrogen-bond acceptors (Lipinski definition) is 7. The average Bonchev–Trinajstić information content (AvgIpc) is 3.10. The van der Waals surface area contributed by atoms with Crippen LogP contribution in [0.2, 0.25) is 0 Å². The van der Waals surface area contributed by atoms with E-state index in [2.05, 4.69) is 38.0 Å². The van der Waals surface area contributed by atoms with Gasteiger partial charge in [0.1, 0.15) is 10.6 Å². The molecule has 0 amide bonds. The number of piperazine rings is 1. The predicted molar refractivity (Wildman–Crippen MR) is 98.3 cm³/mol. The van der Waals surface area contributed by atoms with Crippen molar-refractivity contribution in [1.82, 2.24) is 14.9 Å². The molecule has 0 bridgehead atoms. The highest BCUT2D eigenvalue weighted by Gasteiger charge is 2.20. The zero-order valence-electron chi connectivity index (χ0n) is 14.8. The van der Waals surface area contributed by atoms with Gasteiger partial charge in [-0.2, -0.15) is 0 Å². The molecule has 0 atom stereocenters. The maximum Gasteiger partial charge on any atom is 0.225 e. The fourth-order valence-corrected chi connectivity index (χ4v) is 3.83. The molecule has 2 aliphatic rings. The molecular weight excluding hydrogens is 352 g/mol. The third kappa shape index (κ3) is 3.66. The molecule has 1 saturated heterocycles. The molecule has 138 valence electrons. The third-order valence-electron chi connectivity index (χ3n) is 4.86. The van der Waals surface area contributed by atoms with Crippen molar-refractivity contribution in [1.29, 1.82) is 0 Å². The Morgan fingerprint density at radius 1 is 1.12 bits per heavy atom. The molecule has 26 heavy (non-hydrogen) atoms. The SMILES string of the molecule is CS(=O)(=O)c1cnc(N2CCN(Cc3ccc4c(c3)OCC4)CC2)nc1. The molecule has 0 aliphatic carbocycles. The summed E-state index contributed by atoms with van der Waals surface area (Å²) in [6, 6.07) is 6.51. The first-order valence-corrected chi connectivity index (χ1v) is 10.6. The molecule has 4 rings (SSSR count). The molecule has 8 heteroatoms. The first-order valence-electron chi connectivity index (χ1n) is 8.73. The van der Waals surface area contributed by atoms with Crippen LogP contribution in [-0.2, 0) is 22.8 Å². The van der Waals surface area contributed by atoms with Crippen molar-refractivity contribution >= 4 is 15.8 Å². The van der Waals surface area contributed by atoms with Gasteiger partial charge in [-0.25, -0.2) is 18.4 Å². The van der Waals surface area contributed by atoms with Crippen molar-refractivity contribution in [3.63, 3.8) is 0 Å². The van der Waals surface area contributed by atoms with E-state index in [1.54, 1.807) is 0 Å². The Kier molecular flexibility index (Phi) is 4.54. The summed E-state index contributed by atoms with van der Waals surface area (Å²) in [5.74, 6) is 1.61. The largest absolute Gasteiger partial charge is 0.493 e. The molecule has 2 aromatic rings. The zero-order valence-corrected chi connectivity index (χ0v) is 15.6. The quantitative estimate of drug-likeness (QED) is 0.794. The Morgan fingerprint density at radius 3 is 2.54 bits per heavy atom. The number of fused-ring (bicyclic) bond motifs is 1. The molecule has 0 radical (unpaired) electrons. The number of aromatic nitrogens is 2. The summed E-state index contributed by atoms with van der Waals surface area (Å²) in [6.45, 7) is 5.15. The number of benzene rings is 1. The lowest BCUT2D eigenvalue weighted by Gasteiger charge is -2.34. The summed E-state index contributed by atoms with van der Waals surface area (Å²) >= 11 is 0. The minimum absolute atomic E-state index is 0.152. The van der Waals surface area contributed by atoms with Crippen LogP contribution in [0, 0.1) is 0 Å². The van der Waals surface area contributed by atoms with Crippen molar-refractivity contribution in [3.8, 4) is 5.75 Å². The van der Waals surface area contributed by atoms with Gasteiger partial charge in [0.15, 0.2) is 9.84 Å². The van der Waals surface area contributed by atoms with Gasteiger partial charge in [0, 0.05) is 45.4 Å². The van der Waals surface area contributed by atoms with Gasteiger partial charge < -0.3 is 9.64 Å². The summed E-state index contributed by atoms with van der Waals surface area (Å²) in [6.07, 6.45) is 4.93. The highest BCUT2D eigenvalue weighted by molar-refractivity contribution is 7.90. The molecule has 0 saturated carbocycles. The highest BCUT2D eigenvalue weighted by atomic mass is 32.2. The van der Waals surface area contributed by atoms with Gasteiger partial charge in [-0.1, -0.05) is 12.1 Å². The summed E-state index contributed by atoms with van der Waals surface area (Å²) in [4.78, 5) is 13.1. The Balaban J connectivity index is 1.35. The summed E-state index contributed by atoms with van der Waals surface area (Å²) in [7, 11) is -3.26. The lowest BCUT2D eigenvalue weighted by Crippen LogP contribution is -2.46. The standard InChI is InChI=1S/C18H22N4O3S/c1-26(23,24)16-11-19-18(20-12-16)22-7-5-21(6-8-22)13-14-2-3-15-4-9-25-17(15)10-14/h2-3,10-12H,4-9,13H2,1H3. The van der Waals surface area contributed by atoms with Gasteiger partial charge in [0.2, 0.25) is 5.95 Å². The summed E-state index contributed by atoms with van der Waals surface area (Å²) < 4.78 is 28.6. The van der Waals surface area contributed by atoms with Gasteiger partial charge in [0.25, 0.3) is 0 Å². The second-order valence-corrected chi connectivity index (χ2v) is 8.81. The van der Waals surface area contributed by atoms with Crippen molar-refractivity contribution in [3.05, 3.63) is 41.7 Å². The third-order valence-corrected chi connectivity index (χ3v) is 5.93. The number of ether oxygens (including phenoxy) is 1. The molecule has 1 fully saturated rings. The predicted octanol–water partition coefficient (Wildman–Crippen LogP) is 1.14. The Labute approximate surface area is 153 Å². The van der Waals surface area contributed by atoms with Crippen LogP contribution in [0.25, 0.3) is 0 Å². The number of rotatable bonds is 4. The van der Waals surface area contributed by atoms with E-state index in [1.165, 1.54) is 23.5 Å². The van der Waals surface area contributed by atoms with Crippen LogP contribution in [0.5, 0.6) is 5.75 Å². The van der Waals surface area contributed by atoms with E-state index in [0.717, 1.165) is 57.8 Å². The molecule has 7 nitrogen and oxygen atoms in total. The topological polar surface area (TPSA) is 75.6 Å². The number of sulfone groups is 1. The monoisotopic (exact) mass is 374 g/mol. The van der Waals surface area contributed by atoms with E-state index in [9.17, 15) is 8.42 Å². The van der Waals surface area contributed by atoms with E-state index in [-0.39, 0.29) is 4.90 Å². The van der Waals surface area contributed by atoms with Gasteiger partial charge in [-0.15, -0.1) is 0 Å². The smallest absolute Gasteiger partial charge is 0.225 e. The fraction of sp³-hybridized carbons (Fsp3) is 0.444. The Morgan fingerprint density at radius 2 is 1.85 bits per heavy atom. The molecule has 0 unspecified atom stereocenters. The first kappa shape index (κ1) is 17.2. The molecule has 0 spiro atoms. The molecule has 1 aromatic heterocycles. The minimum Gasteiger partial charge on any atom is -0.493 e. The number of anilines is 1. The Bertz CT molecular complexity index is 891. The van der Waals surface area contributed by atoms with Crippen LogP contribution in [0.15, 0.2) is 35.5 Å². The first-order chi connectivity index (χ1) is 12.5. The van der Waals surface area contributed by atoms with E-state index in [1.807, 2.05) is 0 Å². The van der Waals surface area contributed by atoms with E-state index in [0.29, 0.717) is 5.95 Å². The number of hydrogen-bond donors (Lipinski definition) is 0. The van der Waals surface area contributed by atoms with Crippen molar-refractivity contribution in [2.24, 2.45) is 0 Å². The van der Waals surface area contributed by atoms with Crippen LogP contribution < -0.4 is 9.64 Å². The van der Waals surface area contributed by atoms with E-state index < -0.39 is 9.84 Å². The van der Waals surface area contributed by atoms with Crippen LogP contribution in [0.1, 0.15) is 11.1 Å². The molecule has 2 aliphatic heterocycles. The lowest BCUT2D eigenvalue weighted by atomic mass is 10.1. The second kappa shape index (κ2) is 6.85. The average molecular weight is 374 g/mol. The van der Waals surface area contributed by atoms with Crippen molar-refractivity contribution in [2.45, 2.75) is 17.9 Å². The summed E-state index contributed by atoms with van der Waals surface area (Å²) in [5.41, 5.74) is 2.57. The minimum atomic E-state index is -3.26. The summed E-state index contributed by atoms with van der Waals surface area (Å²) in [5, 5.41) is 0. The van der Waals surface area contributed by atoms with Gasteiger partial charge in [-0.3, -0.25) is 4.90 Å². The zero-order chi connectivity index (χ0) is 18.1. The van der Waals surface area contributed by atoms with Crippen molar-refractivity contribution < 1.29 is 13.2 Å². The maximum atomic E-state index is 11.5. The van der Waals surface area contributed by atoms with Crippen LogP contribution in [-0.4, -0.2) is 62.3 Å². The van der Waals surface area contributed by atoms with E-state index in [4.69, 9.17) is 4.74 Å². The normalized spacial score (nSPS) is 17.8. The van der Waals surface area contributed by atoms with Gasteiger partial charge >= 0.3 is 0 Å². The van der Waals surface area contributed by atoms with Crippen LogP contribution >= 0.6 is 0 Å². The molecule has 0 N–H and O–H groups in total. The Hall–Kier alpha value is -2.19. The van der Waals surface area contributed by atoms with Gasteiger partial charge in [-0.05, 0) is 17.2 Å². The number of nitrogens with zero attached hydrogens (tertiary/aromatic N) is 4. The lowest BCUT2D eigenvalue weighted by molar-refractivity contribution is 0.248. The fourth-order valence-electron chi connectivity index (χ4n) is 3.34. The van der Waals surface area contributed by atoms with Gasteiger partial charge in [0.05, 0.1) is 19.0 Å². The molecular formula is C18H22N4O3S. The maximum absolute atomic E-state index is 11.5. The highest BCUT2D eigenvalue weighted by Crippen LogP contribution is 2.27. The van der Waals surface area contributed by atoms with E-state index >= 15 is 0 Å². The van der Waals surface area contributed by atoms with Crippen LogP contribution in [0.4, 0.5) is 5.95 Å².